The summed E-state index contributed by atoms with van der Waals surface area (Å²) in [5.41, 5.74) is 8.60. The Bertz CT molecular complexity index is 434. The summed E-state index contributed by atoms with van der Waals surface area (Å²) in [6.07, 6.45) is 7.96. The molecule has 2 fully saturated rings. The number of rotatable bonds is 3. The Morgan fingerprint density at radius 1 is 1.05 bits per heavy atom. The van der Waals surface area contributed by atoms with Crippen LogP contribution in [0.2, 0.25) is 0 Å². The van der Waals surface area contributed by atoms with Gasteiger partial charge < -0.3 is 5.73 Å². The van der Waals surface area contributed by atoms with Crippen LogP contribution in [0.5, 0.6) is 0 Å². The predicted molar refractivity (Wildman–Crippen MR) is 85.6 cm³/mol. The molecule has 0 saturated heterocycles. The maximum Gasteiger partial charge on any atom is 0.0165 e. The highest BCUT2D eigenvalue weighted by atomic mass is 14.7. The number of hydrogen-bond donors (Lipinski definition) is 1. The minimum absolute atomic E-state index is 0.284. The van der Waals surface area contributed by atoms with Crippen molar-refractivity contribution in [2.75, 3.05) is 0 Å². The molecule has 1 aromatic rings. The molecule has 2 aliphatic rings. The van der Waals surface area contributed by atoms with Crippen LogP contribution in [0, 0.1) is 17.8 Å². The Kier molecular flexibility index (Phi) is 3.90. The maximum atomic E-state index is 6.83. The molecule has 1 heteroatoms. The number of nitrogens with two attached hydrogens (primary N) is 1. The van der Waals surface area contributed by atoms with Crippen molar-refractivity contribution in [1.29, 1.82) is 0 Å². The minimum Gasteiger partial charge on any atom is -0.327 e. The average molecular weight is 271 g/mol. The van der Waals surface area contributed by atoms with E-state index < -0.39 is 0 Å². The number of hydrogen-bond acceptors (Lipinski definition) is 1. The topological polar surface area (TPSA) is 26.0 Å². The molecule has 1 aromatic carbocycles. The fraction of sp³-hybridized carbons (Fsp3) is 0.684. The monoisotopic (exact) mass is 271 g/mol. The molecule has 0 amide bonds. The predicted octanol–water partition coefficient (Wildman–Crippen LogP) is 4.51. The first-order valence-corrected chi connectivity index (χ1v) is 8.44. The molecule has 3 rings (SSSR count). The third-order valence-corrected chi connectivity index (χ3v) is 6.38. The second kappa shape index (κ2) is 5.52. The zero-order valence-corrected chi connectivity index (χ0v) is 13.0. The molecular formula is C19H29N. The van der Waals surface area contributed by atoms with Gasteiger partial charge in [-0.1, -0.05) is 57.0 Å². The van der Waals surface area contributed by atoms with E-state index in [1.54, 1.807) is 0 Å². The molecule has 0 radical (unpaired) electrons. The van der Waals surface area contributed by atoms with Crippen molar-refractivity contribution in [3.63, 3.8) is 0 Å². The minimum atomic E-state index is 0.284. The maximum absolute atomic E-state index is 6.83. The van der Waals surface area contributed by atoms with Gasteiger partial charge in [-0.3, -0.25) is 0 Å². The van der Waals surface area contributed by atoms with Crippen molar-refractivity contribution in [2.24, 2.45) is 23.5 Å². The molecule has 0 spiro atoms. The SMILES string of the molecule is CC1CCC(C(N)C2(c3ccccc3)CCC2)CC1C. The highest BCUT2D eigenvalue weighted by molar-refractivity contribution is 5.31. The van der Waals surface area contributed by atoms with Crippen LogP contribution < -0.4 is 5.73 Å². The zero-order chi connectivity index (χ0) is 14.2. The van der Waals surface area contributed by atoms with E-state index in [1.807, 2.05) is 0 Å². The first-order chi connectivity index (χ1) is 9.63. The molecular weight excluding hydrogens is 242 g/mol. The van der Waals surface area contributed by atoms with Gasteiger partial charge in [0.1, 0.15) is 0 Å². The lowest BCUT2D eigenvalue weighted by molar-refractivity contribution is 0.101. The standard InChI is InChI=1S/C19H29N/c1-14-9-10-16(13-15(14)2)18(20)19(11-6-12-19)17-7-4-3-5-8-17/h3-5,7-8,14-16,18H,6,9-13,20H2,1-2H3. The van der Waals surface area contributed by atoms with Gasteiger partial charge in [0.15, 0.2) is 0 Å². The van der Waals surface area contributed by atoms with Crippen LogP contribution in [0.15, 0.2) is 30.3 Å². The highest BCUT2D eigenvalue weighted by Crippen LogP contribution is 2.50. The Balaban J connectivity index is 1.80. The second-order valence-corrected chi connectivity index (χ2v) is 7.43. The van der Waals surface area contributed by atoms with Crippen LogP contribution in [0.25, 0.3) is 0 Å². The summed E-state index contributed by atoms with van der Waals surface area (Å²) in [7, 11) is 0. The lowest BCUT2D eigenvalue weighted by atomic mass is 9.55. The van der Waals surface area contributed by atoms with E-state index >= 15 is 0 Å². The molecule has 2 aliphatic carbocycles. The number of benzene rings is 1. The second-order valence-electron chi connectivity index (χ2n) is 7.43. The summed E-state index contributed by atoms with van der Waals surface area (Å²) < 4.78 is 0. The average Bonchev–Trinajstić information content (AvgIpc) is 2.42. The molecule has 110 valence electrons. The van der Waals surface area contributed by atoms with Crippen molar-refractivity contribution in [2.45, 2.75) is 63.8 Å². The molecule has 0 aliphatic heterocycles. The Morgan fingerprint density at radius 3 is 2.30 bits per heavy atom. The molecule has 4 unspecified atom stereocenters. The van der Waals surface area contributed by atoms with E-state index in [0.717, 1.165) is 17.8 Å². The normalized spacial score (nSPS) is 34.2. The first kappa shape index (κ1) is 14.1. The molecule has 0 bridgehead atoms. The van der Waals surface area contributed by atoms with Crippen LogP contribution in [0.4, 0.5) is 0 Å². The fourth-order valence-electron chi connectivity index (χ4n) is 4.51. The fourth-order valence-corrected chi connectivity index (χ4v) is 4.51. The lowest BCUT2D eigenvalue weighted by Gasteiger charge is -2.51. The van der Waals surface area contributed by atoms with Crippen LogP contribution >= 0.6 is 0 Å². The summed E-state index contributed by atoms with van der Waals surface area (Å²) in [5.74, 6) is 2.45. The molecule has 1 nitrogen and oxygen atoms in total. The van der Waals surface area contributed by atoms with Crippen molar-refractivity contribution < 1.29 is 0 Å². The van der Waals surface area contributed by atoms with Gasteiger partial charge in [0.2, 0.25) is 0 Å². The van der Waals surface area contributed by atoms with Gasteiger partial charge in [0.05, 0.1) is 0 Å². The van der Waals surface area contributed by atoms with Crippen LogP contribution in [0.3, 0.4) is 0 Å². The quantitative estimate of drug-likeness (QED) is 0.860. The summed E-state index contributed by atoms with van der Waals surface area (Å²) in [6, 6.07) is 11.4. The highest BCUT2D eigenvalue weighted by Gasteiger charge is 2.47. The van der Waals surface area contributed by atoms with E-state index in [4.69, 9.17) is 5.73 Å². The van der Waals surface area contributed by atoms with Crippen molar-refractivity contribution in [3.8, 4) is 0 Å². The third-order valence-electron chi connectivity index (χ3n) is 6.38. The first-order valence-electron chi connectivity index (χ1n) is 8.44. The van der Waals surface area contributed by atoms with Gasteiger partial charge >= 0.3 is 0 Å². The van der Waals surface area contributed by atoms with Crippen LogP contribution in [0.1, 0.15) is 57.9 Å². The van der Waals surface area contributed by atoms with Crippen molar-refractivity contribution >= 4 is 0 Å². The Hall–Kier alpha value is -0.820. The van der Waals surface area contributed by atoms with Crippen molar-refractivity contribution in [3.05, 3.63) is 35.9 Å². The van der Waals surface area contributed by atoms with Gasteiger partial charge in [-0.15, -0.1) is 0 Å². The van der Waals surface area contributed by atoms with Gasteiger partial charge in [-0.25, -0.2) is 0 Å². The lowest BCUT2D eigenvalue weighted by Crippen LogP contribution is -2.55. The molecule has 4 atom stereocenters. The molecule has 0 aromatic heterocycles. The van der Waals surface area contributed by atoms with E-state index in [2.05, 4.69) is 44.2 Å². The summed E-state index contributed by atoms with van der Waals surface area (Å²) in [5, 5.41) is 0. The van der Waals surface area contributed by atoms with Crippen LogP contribution in [-0.2, 0) is 5.41 Å². The third kappa shape index (κ3) is 2.30. The molecule has 2 N–H and O–H groups in total. The molecule has 0 heterocycles. The van der Waals surface area contributed by atoms with Crippen molar-refractivity contribution in [1.82, 2.24) is 0 Å². The molecule has 20 heavy (non-hydrogen) atoms. The van der Waals surface area contributed by atoms with E-state index in [1.165, 1.54) is 44.1 Å². The molecule has 2 saturated carbocycles. The zero-order valence-electron chi connectivity index (χ0n) is 13.0. The van der Waals surface area contributed by atoms with E-state index in [9.17, 15) is 0 Å². The van der Waals surface area contributed by atoms with Gasteiger partial charge in [0, 0.05) is 11.5 Å². The summed E-state index contributed by atoms with van der Waals surface area (Å²) in [4.78, 5) is 0. The van der Waals surface area contributed by atoms with E-state index in [-0.39, 0.29) is 5.41 Å². The van der Waals surface area contributed by atoms with Crippen LogP contribution in [-0.4, -0.2) is 6.04 Å². The smallest absolute Gasteiger partial charge is 0.0165 e. The van der Waals surface area contributed by atoms with E-state index in [0.29, 0.717) is 6.04 Å². The Labute approximate surface area is 124 Å². The van der Waals surface area contributed by atoms with Gasteiger partial charge in [0.25, 0.3) is 0 Å². The largest absolute Gasteiger partial charge is 0.327 e. The van der Waals surface area contributed by atoms with Gasteiger partial charge in [-0.05, 0) is 49.0 Å². The summed E-state index contributed by atoms with van der Waals surface area (Å²) in [6.45, 7) is 4.82. The summed E-state index contributed by atoms with van der Waals surface area (Å²) >= 11 is 0. The van der Waals surface area contributed by atoms with Gasteiger partial charge in [-0.2, -0.15) is 0 Å². The Morgan fingerprint density at radius 2 is 1.75 bits per heavy atom.